The van der Waals surface area contributed by atoms with Crippen LogP contribution in [0, 0.1) is 0 Å². The predicted molar refractivity (Wildman–Crippen MR) is 41.9 cm³/mol. The first-order chi connectivity index (χ1) is 4.84. The van der Waals surface area contributed by atoms with Crippen molar-refractivity contribution in [3.8, 4) is 0 Å². The zero-order valence-electron chi connectivity index (χ0n) is 6.45. The summed E-state index contributed by atoms with van der Waals surface area (Å²) in [6.45, 7) is 4.42. The van der Waals surface area contributed by atoms with Crippen molar-refractivity contribution in [2.45, 2.75) is 19.4 Å². The van der Waals surface area contributed by atoms with Crippen LogP contribution in [0.1, 0.15) is 13.3 Å². The van der Waals surface area contributed by atoms with E-state index in [0.29, 0.717) is 6.04 Å². The minimum absolute atomic E-state index is 0.272. The van der Waals surface area contributed by atoms with Crippen molar-refractivity contribution in [3.05, 3.63) is 12.2 Å². The number of rotatable bonds is 2. The molecule has 0 fully saturated rings. The summed E-state index contributed by atoms with van der Waals surface area (Å²) in [5.41, 5.74) is 0. The van der Waals surface area contributed by atoms with Crippen molar-refractivity contribution in [2.75, 3.05) is 19.7 Å². The molecule has 1 aliphatic heterocycles. The highest BCUT2D eigenvalue weighted by Crippen LogP contribution is 2.04. The van der Waals surface area contributed by atoms with Gasteiger partial charge in [0.25, 0.3) is 0 Å². The van der Waals surface area contributed by atoms with E-state index in [0.717, 1.165) is 19.5 Å². The summed E-state index contributed by atoms with van der Waals surface area (Å²) in [6.07, 6.45) is 5.49. The van der Waals surface area contributed by atoms with E-state index in [-0.39, 0.29) is 6.61 Å². The fraction of sp³-hybridized carbons (Fsp3) is 0.750. The molecule has 0 radical (unpaired) electrons. The van der Waals surface area contributed by atoms with Crippen LogP contribution in [-0.4, -0.2) is 35.7 Å². The molecular weight excluding hydrogens is 126 g/mol. The van der Waals surface area contributed by atoms with Gasteiger partial charge in [0.2, 0.25) is 0 Å². The van der Waals surface area contributed by atoms with Crippen LogP contribution >= 0.6 is 0 Å². The summed E-state index contributed by atoms with van der Waals surface area (Å²) >= 11 is 0. The lowest BCUT2D eigenvalue weighted by molar-refractivity contribution is 0.144. The standard InChI is InChI=1S/C8H15NO/c1-8(7-10)9-5-3-2-4-6-9/h2-3,8,10H,4-7H2,1H3. The second kappa shape index (κ2) is 3.74. The highest BCUT2D eigenvalue weighted by atomic mass is 16.3. The zero-order chi connectivity index (χ0) is 7.40. The Morgan fingerprint density at radius 3 is 2.90 bits per heavy atom. The van der Waals surface area contributed by atoms with Crippen molar-refractivity contribution in [2.24, 2.45) is 0 Å². The maximum atomic E-state index is 8.82. The van der Waals surface area contributed by atoms with E-state index in [1.54, 1.807) is 0 Å². The van der Waals surface area contributed by atoms with Crippen LogP contribution in [0.25, 0.3) is 0 Å². The second-order valence-electron chi connectivity index (χ2n) is 2.79. The molecule has 0 spiro atoms. The van der Waals surface area contributed by atoms with Gasteiger partial charge in [-0.15, -0.1) is 0 Å². The molecule has 1 unspecified atom stereocenters. The molecular formula is C8H15NO. The fourth-order valence-electron chi connectivity index (χ4n) is 1.18. The second-order valence-corrected chi connectivity index (χ2v) is 2.79. The monoisotopic (exact) mass is 141 g/mol. The van der Waals surface area contributed by atoms with Crippen molar-refractivity contribution >= 4 is 0 Å². The number of hydrogen-bond donors (Lipinski definition) is 1. The third kappa shape index (κ3) is 1.82. The number of hydrogen-bond acceptors (Lipinski definition) is 2. The van der Waals surface area contributed by atoms with Gasteiger partial charge in [0, 0.05) is 19.1 Å². The topological polar surface area (TPSA) is 23.5 Å². The molecule has 0 bridgehead atoms. The van der Waals surface area contributed by atoms with E-state index >= 15 is 0 Å². The summed E-state index contributed by atoms with van der Waals surface area (Å²) in [6, 6.07) is 0.324. The first kappa shape index (κ1) is 7.76. The molecule has 0 saturated carbocycles. The molecule has 0 saturated heterocycles. The molecule has 0 aromatic heterocycles. The largest absolute Gasteiger partial charge is 0.395 e. The van der Waals surface area contributed by atoms with E-state index in [1.807, 2.05) is 0 Å². The molecule has 58 valence electrons. The van der Waals surface area contributed by atoms with E-state index in [9.17, 15) is 0 Å². The van der Waals surface area contributed by atoms with E-state index in [1.165, 1.54) is 0 Å². The zero-order valence-corrected chi connectivity index (χ0v) is 6.45. The molecule has 0 aromatic carbocycles. The molecule has 0 amide bonds. The number of aliphatic hydroxyl groups excluding tert-OH is 1. The van der Waals surface area contributed by atoms with Crippen LogP contribution in [-0.2, 0) is 0 Å². The van der Waals surface area contributed by atoms with Gasteiger partial charge in [0.1, 0.15) is 0 Å². The molecule has 1 rings (SSSR count). The Hall–Kier alpha value is -0.340. The van der Waals surface area contributed by atoms with Crippen LogP contribution in [0.5, 0.6) is 0 Å². The van der Waals surface area contributed by atoms with Crippen molar-refractivity contribution in [3.63, 3.8) is 0 Å². The van der Waals surface area contributed by atoms with Crippen LogP contribution in [0.4, 0.5) is 0 Å². The van der Waals surface area contributed by atoms with Gasteiger partial charge in [-0.2, -0.15) is 0 Å². The van der Waals surface area contributed by atoms with Crippen LogP contribution in [0.2, 0.25) is 0 Å². The maximum Gasteiger partial charge on any atom is 0.0584 e. The quantitative estimate of drug-likeness (QED) is 0.570. The third-order valence-corrected chi connectivity index (χ3v) is 1.98. The summed E-state index contributed by atoms with van der Waals surface area (Å²) in [5, 5.41) is 8.82. The van der Waals surface area contributed by atoms with E-state index in [4.69, 9.17) is 5.11 Å². The molecule has 2 nitrogen and oxygen atoms in total. The molecule has 1 atom stereocenters. The number of aliphatic hydroxyl groups is 1. The van der Waals surface area contributed by atoms with Crippen molar-refractivity contribution < 1.29 is 5.11 Å². The Morgan fingerprint density at radius 1 is 1.60 bits per heavy atom. The van der Waals surface area contributed by atoms with Gasteiger partial charge in [-0.25, -0.2) is 0 Å². The van der Waals surface area contributed by atoms with Crippen molar-refractivity contribution in [1.29, 1.82) is 0 Å². The molecule has 1 aliphatic rings. The van der Waals surface area contributed by atoms with Gasteiger partial charge < -0.3 is 5.11 Å². The molecule has 0 aliphatic carbocycles. The average Bonchev–Trinajstić information content (AvgIpc) is 2.05. The minimum Gasteiger partial charge on any atom is -0.395 e. The van der Waals surface area contributed by atoms with Gasteiger partial charge in [-0.05, 0) is 13.3 Å². The lowest BCUT2D eigenvalue weighted by atomic mass is 10.2. The number of nitrogens with zero attached hydrogens (tertiary/aromatic N) is 1. The highest BCUT2D eigenvalue weighted by Gasteiger charge is 2.11. The minimum atomic E-state index is 0.272. The maximum absolute atomic E-state index is 8.82. The normalized spacial score (nSPS) is 23.0. The third-order valence-electron chi connectivity index (χ3n) is 1.98. The molecule has 1 N–H and O–H groups in total. The molecule has 2 heteroatoms. The summed E-state index contributed by atoms with van der Waals surface area (Å²) in [7, 11) is 0. The van der Waals surface area contributed by atoms with Gasteiger partial charge in [-0.1, -0.05) is 12.2 Å². The summed E-state index contributed by atoms with van der Waals surface area (Å²) in [5.74, 6) is 0. The smallest absolute Gasteiger partial charge is 0.0584 e. The average molecular weight is 141 g/mol. The Balaban J connectivity index is 2.33. The summed E-state index contributed by atoms with van der Waals surface area (Å²) in [4.78, 5) is 2.28. The van der Waals surface area contributed by atoms with Crippen LogP contribution < -0.4 is 0 Å². The Labute approximate surface area is 62.2 Å². The lowest BCUT2D eigenvalue weighted by Crippen LogP contribution is -2.37. The Bertz CT molecular complexity index is 122. The molecule has 1 heterocycles. The summed E-state index contributed by atoms with van der Waals surface area (Å²) < 4.78 is 0. The lowest BCUT2D eigenvalue weighted by Gasteiger charge is -2.28. The van der Waals surface area contributed by atoms with Gasteiger partial charge >= 0.3 is 0 Å². The molecule has 0 aromatic rings. The Kier molecular flexibility index (Phi) is 2.90. The van der Waals surface area contributed by atoms with E-state index in [2.05, 4.69) is 24.0 Å². The van der Waals surface area contributed by atoms with Gasteiger partial charge in [0.05, 0.1) is 6.61 Å². The van der Waals surface area contributed by atoms with E-state index < -0.39 is 0 Å². The first-order valence-corrected chi connectivity index (χ1v) is 3.84. The molecule has 10 heavy (non-hydrogen) atoms. The van der Waals surface area contributed by atoms with Crippen LogP contribution in [0.15, 0.2) is 12.2 Å². The van der Waals surface area contributed by atoms with Crippen LogP contribution in [0.3, 0.4) is 0 Å². The highest BCUT2D eigenvalue weighted by molar-refractivity contribution is 4.92. The first-order valence-electron chi connectivity index (χ1n) is 3.84. The fourth-order valence-corrected chi connectivity index (χ4v) is 1.18. The van der Waals surface area contributed by atoms with Crippen molar-refractivity contribution in [1.82, 2.24) is 4.90 Å². The van der Waals surface area contributed by atoms with Gasteiger partial charge in [-0.3, -0.25) is 4.90 Å². The van der Waals surface area contributed by atoms with Gasteiger partial charge in [0.15, 0.2) is 0 Å². The predicted octanol–water partition coefficient (Wildman–Crippen LogP) is 0.629. The SMILES string of the molecule is CC(CO)N1CC=CCC1. The Morgan fingerprint density at radius 2 is 2.40 bits per heavy atom.